The van der Waals surface area contributed by atoms with Gasteiger partial charge in [-0.1, -0.05) is 11.6 Å². The number of nitrogens with one attached hydrogen (secondary N) is 1. The molecule has 0 unspecified atom stereocenters. The molecule has 4 nitrogen and oxygen atoms in total. The molecule has 0 saturated heterocycles. The topological polar surface area (TPSA) is 78.2 Å². The number of benzene rings is 1. The van der Waals surface area contributed by atoms with Crippen LogP contribution in [-0.2, 0) is 0 Å². The summed E-state index contributed by atoms with van der Waals surface area (Å²) >= 11 is 5.59. The maximum Gasteiger partial charge on any atom is 0.0730 e. The Labute approximate surface area is 73.9 Å². The standard InChI is InChI=1S/C7H7ClN2O2/c8-6-3-4(10-9)1-2-5(6)7(11)12/h1-3,10H,9H2,(H,11,12)/p-1. The minimum Gasteiger partial charge on any atom is -0.545 e. The molecule has 0 amide bonds. The Bertz CT molecular complexity index is 314. The van der Waals surface area contributed by atoms with Crippen molar-refractivity contribution in [1.82, 2.24) is 0 Å². The van der Waals surface area contributed by atoms with Crippen LogP contribution in [0.25, 0.3) is 0 Å². The lowest BCUT2D eigenvalue weighted by molar-refractivity contribution is -0.255. The third-order valence-electron chi connectivity index (χ3n) is 1.36. The summed E-state index contributed by atoms with van der Waals surface area (Å²) in [6, 6.07) is 4.23. The molecule has 5 heteroatoms. The van der Waals surface area contributed by atoms with Crippen LogP contribution in [0.5, 0.6) is 0 Å². The van der Waals surface area contributed by atoms with E-state index in [0.29, 0.717) is 5.69 Å². The third-order valence-corrected chi connectivity index (χ3v) is 1.67. The van der Waals surface area contributed by atoms with Gasteiger partial charge in [0.1, 0.15) is 0 Å². The highest BCUT2D eigenvalue weighted by molar-refractivity contribution is 6.33. The Hall–Kier alpha value is -1.26. The van der Waals surface area contributed by atoms with Crippen LogP contribution in [0.1, 0.15) is 10.4 Å². The van der Waals surface area contributed by atoms with Crippen molar-refractivity contribution in [3.63, 3.8) is 0 Å². The molecule has 0 saturated carbocycles. The monoisotopic (exact) mass is 185 g/mol. The van der Waals surface area contributed by atoms with Gasteiger partial charge in [0.05, 0.1) is 11.0 Å². The number of carboxylic acids is 1. The summed E-state index contributed by atoms with van der Waals surface area (Å²) in [6.45, 7) is 0. The van der Waals surface area contributed by atoms with Crippen molar-refractivity contribution in [3.05, 3.63) is 28.8 Å². The normalized spacial score (nSPS) is 9.50. The molecule has 0 bridgehead atoms. The lowest BCUT2D eigenvalue weighted by Crippen LogP contribution is -2.22. The number of anilines is 1. The minimum absolute atomic E-state index is 0.0457. The Morgan fingerprint density at radius 2 is 2.25 bits per heavy atom. The van der Waals surface area contributed by atoms with Crippen molar-refractivity contribution >= 4 is 23.3 Å². The molecule has 1 aromatic carbocycles. The van der Waals surface area contributed by atoms with Gasteiger partial charge in [-0.15, -0.1) is 0 Å². The van der Waals surface area contributed by atoms with Crippen molar-refractivity contribution in [1.29, 1.82) is 0 Å². The highest BCUT2D eigenvalue weighted by Gasteiger charge is 2.00. The average Bonchev–Trinajstić information content (AvgIpc) is 2.03. The van der Waals surface area contributed by atoms with Crippen LogP contribution < -0.4 is 16.4 Å². The van der Waals surface area contributed by atoms with Crippen LogP contribution in [0.4, 0.5) is 5.69 Å². The average molecular weight is 186 g/mol. The number of nitrogens with two attached hydrogens (primary N) is 1. The molecule has 12 heavy (non-hydrogen) atoms. The molecule has 64 valence electrons. The van der Waals surface area contributed by atoms with Crippen molar-refractivity contribution in [2.24, 2.45) is 5.84 Å². The van der Waals surface area contributed by atoms with E-state index in [9.17, 15) is 9.90 Å². The van der Waals surface area contributed by atoms with Gasteiger partial charge in [-0.2, -0.15) is 0 Å². The predicted molar refractivity (Wildman–Crippen MR) is 43.6 cm³/mol. The second-order valence-electron chi connectivity index (χ2n) is 2.13. The molecule has 0 aromatic heterocycles. The van der Waals surface area contributed by atoms with E-state index in [4.69, 9.17) is 17.4 Å². The van der Waals surface area contributed by atoms with Crippen LogP contribution in [0.15, 0.2) is 18.2 Å². The SMILES string of the molecule is NNc1ccc(C(=O)[O-])c(Cl)c1. The van der Waals surface area contributed by atoms with Gasteiger partial charge in [0.25, 0.3) is 0 Å². The van der Waals surface area contributed by atoms with Gasteiger partial charge in [0, 0.05) is 11.3 Å². The summed E-state index contributed by atoms with van der Waals surface area (Å²) in [4.78, 5) is 10.4. The zero-order valence-corrected chi connectivity index (χ0v) is 6.76. The van der Waals surface area contributed by atoms with E-state index < -0.39 is 5.97 Å². The molecule has 0 fully saturated rings. The Morgan fingerprint density at radius 3 is 2.67 bits per heavy atom. The highest BCUT2D eigenvalue weighted by Crippen LogP contribution is 2.19. The van der Waals surface area contributed by atoms with Gasteiger partial charge in [0.2, 0.25) is 0 Å². The van der Waals surface area contributed by atoms with Gasteiger partial charge in [-0.3, -0.25) is 5.84 Å². The number of rotatable bonds is 2. The molecule has 3 N–H and O–H groups in total. The maximum absolute atomic E-state index is 10.4. The first-order chi connectivity index (χ1) is 5.65. The smallest absolute Gasteiger partial charge is 0.0730 e. The number of hydrazine groups is 1. The summed E-state index contributed by atoms with van der Waals surface area (Å²) in [6.07, 6.45) is 0. The van der Waals surface area contributed by atoms with Crippen molar-refractivity contribution < 1.29 is 9.90 Å². The Balaban J connectivity index is 3.12. The maximum atomic E-state index is 10.4. The Kier molecular flexibility index (Phi) is 2.52. The number of nitrogen functional groups attached to an aromatic ring is 1. The number of carboxylic acid groups (broad SMARTS) is 1. The zero-order chi connectivity index (χ0) is 9.14. The van der Waals surface area contributed by atoms with Crippen LogP contribution in [0.3, 0.4) is 0 Å². The molecule has 1 aromatic rings. The van der Waals surface area contributed by atoms with Crippen molar-refractivity contribution in [2.45, 2.75) is 0 Å². The van der Waals surface area contributed by atoms with E-state index in [-0.39, 0.29) is 10.6 Å². The molecule has 0 heterocycles. The van der Waals surface area contributed by atoms with E-state index >= 15 is 0 Å². The fraction of sp³-hybridized carbons (Fsp3) is 0. The molecular formula is C7H6ClN2O2-. The van der Waals surface area contributed by atoms with Crippen LogP contribution in [0, 0.1) is 0 Å². The summed E-state index contributed by atoms with van der Waals surface area (Å²) in [5, 5.41) is 10.5. The number of carbonyl (C=O) groups excluding carboxylic acids is 1. The number of carbonyl (C=O) groups is 1. The quantitative estimate of drug-likeness (QED) is 0.502. The number of aromatic carboxylic acids is 1. The van der Waals surface area contributed by atoms with Crippen LogP contribution >= 0.6 is 11.6 Å². The number of hydrogen-bond acceptors (Lipinski definition) is 4. The summed E-state index contributed by atoms with van der Waals surface area (Å²) in [7, 11) is 0. The Morgan fingerprint density at radius 1 is 1.58 bits per heavy atom. The second-order valence-corrected chi connectivity index (χ2v) is 2.53. The van der Waals surface area contributed by atoms with Gasteiger partial charge in [-0.25, -0.2) is 0 Å². The molecule has 0 radical (unpaired) electrons. The lowest BCUT2D eigenvalue weighted by Gasteiger charge is -2.06. The predicted octanol–water partition coefficient (Wildman–Crippen LogP) is -0.0109. The molecule has 0 aliphatic carbocycles. The summed E-state index contributed by atoms with van der Waals surface area (Å²) in [5.74, 6) is 3.77. The minimum atomic E-state index is -1.30. The van der Waals surface area contributed by atoms with Gasteiger partial charge in [0.15, 0.2) is 0 Å². The van der Waals surface area contributed by atoms with Gasteiger partial charge >= 0.3 is 0 Å². The van der Waals surface area contributed by atoms with Crippen molar-refractivity contribution in [3.8, 4) is 0 Å². The third kappa shape index (κ3) is 1.66. The largest absolute Gasteiger partial charge is 0.545 e. The molecule has 0 aliphatic rings. The van der Waals surface area contributed by atoms with Crippen molar-refractivity contribution in [2.75, 3.05) is 5.43 Å². The van der Waals surface area contributed by atoms with E-state index in [1.807, 2.05) is 0 Å². The molecule has 1 rings (SSSR count). The highest BCUT2D eigenvalue weighted by atomic mass is 35.5. The lowest BCUT2D eigenvalue weighted by atomic mass is 10.2. The van der Waals surface area contributed by atoms with E-state index in [1.54, 1.807) is 0 Å². The zero-order valence-electron chi connectivity index (χ0n) is 6.00. The second kappa shape index (κ2) is 3.42. The first-order valence-electron chi connectivity index (χ1n) is 3.12. The van der Waals surface area contributed by atoms with Gasteiger partial charge < -0.3 is 15.3 Å². The first kappa shape index (κ1) is 8.83. The number of hydrogen-bond donors (Lipinski definition) is 2. The molecule has 0 aliphatic heterocycles. The molecule has 0 spiro atoms. The fourth-order valence-corrected chi connectivity index (χ4v) is 1.03. The summed E-state index contributed by atoms with van der Waals surface area (Å²) < 4.78 is 0. The van der Waals surface area contributed by atoms with E-state index in [2.05, 4.69) is 5.43 Å². The first-order valence-corrected chi connectivity index (χ1v) is 3.50. The number of halogens is 1. The van der Waals surface area contributed by atoms with Crippen LogP contribution in [0.2, 0.25) is 5.02 Å². The van der Waals surface area contributed by atoms with E-state index in [1.165, 1.54) is 18.2 Å². The fourth-order valence-electron chi connectivity index (χ4n) is 0.770. The van der Waals surface area contributed by atoms with Crippen LogP contribution in [-0.4, -0.2) is 5.97 Å². The summed E-state index contributed by atoms with van der Waals surface area (Å²) in [5.41, 5.74) is 2.84. The molecule has 0 atom stereocenters. The van der Waals surface area contributed by atoms with Gasteiger partial charge in [-0.05, 0) is 18.2 Å². The van der Waals surface area contributed by atoms with E-state index in [0.717, 1.165) is 0 Å². The molecular weight excluding hydrogens is 180 g/mol.